The van der Waals surface area contributed by atoms with Gasteiger partial charge in [0.25, 0.3) is 0 Å². The quantitative estimate of drug-likeness (QED) is 0.721. The molecule has 0 saturated carbocycles. The summed E-state index contributed by atoms with van der Waals surface area (Å²) in [7, 11) is 0. The van der Waals surface area contributed by atoms with Crippen molar-refractivity contribution >= 4 is 0 Å². The van der Waals surface area contributed by atoms with Gasteiger partial charge in [0.2, 0.25) is 18.6 Å². The van der Waals surface area contributed by atoms with E-state index in [9.17, 15) is 5.26 Å². The van der Waals surface area contributed by atoms with Crippen LogP contribution in [-0.4, -0.2) is 22.0 Å². The molecule has 5 rings (SSSR count). The fourth-order valence-corrected chi connectivity index (χ4v) is 3.38. The summed E-state index contributed by atoms with van der Waals surface area (Å²) in [5.74, 6) is 1.18. The molecule has 0 spiro atoms. The topological polar surface area (TPSA) is 119 Å². The summed E-state index contributed by atoms with van der Waals surface area (Å²) in [6.45, 7) is 0.172. The Morgan fingerprint density at radius 1 is 1.19 bits per heavy atom. The van der Waals surface area contributed by atoms with Crippen LogP contribution >= 0.6 is 0 Å². The van der Waals surface area contributed by atoms with Gasteiger partial charge in [-0.25, -0.2) is 0 Å². The second kappa shape index (κ2) is 5.78. The molecule has 0 aliphatic carbocycles. The number of aromatic nitrogens is 3. The van der Waals surface area contributed by atoms with Gasteiger partial charge >= 0.3 is 0 Å². The lowest BCUT2D eigenvalue weighted by Gasteiger charge is -2.24. The standard InChI is InChI=1S/C19H13N5O3/c20-8-11-15(10-4-5-13-14(7-10)26-9-25-13)16-17(12-3-1-2-6-22-12)23-24-19(16)27-18(11)21/h1-7,15H,9,21H2,(H,23,24)/t15-/m1/s1. The Morgan fingerprint density at radius 3 is 2.89 bits per heavy atom. The molecule has 0 radical (unpaired) electrons. The highest BCUT2D eigenvalue weighted by atomic mass is 16.7. The summed E-state index contributed by atoms with van der Waals surface area (Å²) >= 11 is 0. The molecular weight excluding hydrogens is 346 g/mol. The van der Waals surface area contributed by atoms with Crippen LogP contribution in [0.5, 0.6) is 17.4 Å². The van der Waals surface area contributed by atoms with E-state index >= 15 is 0 Å². The summed E-state index contributed by atoms with van der Waals surface area (Å²) < 4.78 is 16.5. The average Bonchev–Trinajstić information content (AvgIpc) is 3.33. The summed E-state index contributed by atoms with van der Waals surface area (Å²) in [6.07, 6.45) is 1.69. The van der Waals surface area contributed by atoms with E-state index in [0.29, 0.717) is 39.9 Å². The van der Waals surface area contributed by atoms with Gasteiger partial charge in [-0.1, -0.05) is 12.1 Å². The van der Waals surface area contributed by atoms with Crippen molar-refractivity contribution in [1.82, 2.24) is 15.2 Å². The summed E-state index contributed by atoms with van der Waals surface area (Å²) in [5, 5.41) is 16.9. The first-order valence-corrected chi connectivity index (χ1v) is 8.23. The van der Waals surface area contributed by atoms with Gasteiger partial charge in [-0.3, -0.25) is 10.1 Å². The summed E-state index contributed by atoms with van der Waals surface area (Å²) in [5.41, 5.74) is 9.20. The van der Waals surface area contributed by atoms with Crippen LogP contribution in [0.1, 0.15) is 17.0 Å². The van der Waals surface area contributed by atoms with Gasteiger partial charge in [0.05, 0.1) is 22.9 Å². The van der Waals surface area contributed by atoms with Gasteiger partial charge in [-0.05, 0) is 29.8 Å². The largest absolute Gasteiger partial charge is 0.454 e. The van der Waals surface area contributed by atoms with E-state index in [-0.39, 0.29) is 12.7 Å². The Labute approximate surface area is 153 Å². The van der Waals surface area contributed by atoms with E-state index in [0.717, 1.165) is 5.56 Å². The Bertz CT molecular complexity index is 1110. The maximum Gasteiger partial charge on any atom is 0.244 e. The number of hydrogen-bond donors (Lipinski definition) is 2. The Hall–Kier alpha value is -3.99. The van der Waals surface area contributed by atoms with Crippen molar-refractivity contribution in [2.24, 2.45) is 5.73 Å². The first kappa shape index (κ1) is 15.3. The molecule has 3 N–H and O–H groups in total. The van der Waals surface area contributed by atoms with Gasteiger partial charge in [0, 0.05) is 6.20 Å². The first-order valence-electron chi connectivity index (χ1n) is 8.23. The van der Waals surface area contributed by atoms with Crippen LogP contribution in [0.4, 0.5) is 0 Å². The molecule has 0 unspecified atom stereocenters. The molecule has 1 aromatic carbocycles. The maximum absolute atomic E-state index is 9.74. The smallest absolute Gasteiger partial charge is 0.244 e. The van der Waals surface area contributed by atoms with Crippen molar-refractivity contribution in [2.75, 3.05) is 6.79 Å². The van der Waals surface area contributed by atoms with E-state index < -0.39 is 5.92 Å². The van der Waals surface area contributed by atoms with Crippen molar-refractivity contribution < 1.29 is 14.2 Å². The minimum atomic E-state index is -0.469. The number of hydrogen-bond acceptors (Lipinski definition) is 7. The molecule has 8 heteroatoms. The van der Waals surface area contributed by atoms with E-state index in [2.05, 4.69) is 21.3 Å². The molecule has 4 heterocycles. The minimum Gasteiger partial charge on any atom is -0.454 e. The van der Waals surface area contributed by atoms with Crippen LogP contribution in [0.3, 0.4) is 0 Å². The molecule has 27 heavy (non-hydrogen) atoms. The molecule has 2 aromatic heterocycles. The van der Waals surface area contributed by atoms with Gasteiger partial charge in [0.15, 0.2) is 11.5 Å². The fourth-order valence-electron chi connectivity index (χ4n) is 3.38. The molecule has 3 aromatic rings. The van der Waals surface area contributed by atoms with Crippen molar-refractivity contribution in [3.05, 3.63) is 65.2 Å². The fraction of sp³-hybridized carbons (Fsp3) is 0.105. The number of fused-ring (bicyclic) bond motifs is 2. The number of H-pyrrole nitrogens is 1. The van der Waals surface area contributed by atoms with E-state index in [1.54, 1.807) is 6.20 Å². The third-order valence-electron chi connectivity index (χ3n) is 4.59. The first-order chi connectivity index (χ1) is 13.3. The highest BCUT2D eigenvalue weighted by Gasteiger charge is 2.36. The van der Waals surface area contributed by atoms with Crippen LogP contribution in [0.25, 0.3) is 11.4 Å². The molecule has 0 fully saturated rings. The lowest BCUT2D eigenvalue weighted by atomic mass is 9.83. The molecular formula is C19H13N5O3. The average molecular weight is 359 g/mol. The summed E-state index contributed by atoms with van der Waals surface area (Å²) in [4.78, 5) is 4.38. The zero-order chi connectivity index (χ0) is 18.4. The van der Waals surface area contributed by atoms with Gasteiger partial charge < -0.3 is 19.9 Å². The molecule has 0 amide bonds. The van der Waals surface area contributed by atoms with Gasteiger partial charge in [-0.15, -0.1) is 5.10 Å². The van der Waals surface area contributed by atoms with Crippen LogP contribution < -0.4 is 19.9 Å². The zero-order valence-corrected chi connectivity index (χ0v) is 14.0. The SMILES string of the molecule is N#CC1=C(N)Oc2n[nH]c(-c3ccccn3)c2[C@@H]1c1ccc2c(c1)OCO2. The zero-order valence-electron chi connectivity index (χ0n) is 14.0. The Balaban J connectivity index is 1.73. The monoisotopic (exact) mass is 359 g/mol. The van der Waals surface area contributed by atoms with E-state index in [1.807, 2.05) is 36.4 Å². The van der Waals surface area contributed by atoms with Crippen LogP contribution in [0, 0.1) is 11.3 Å². The molecule has 2 aliphatic heterocycles. The van der Waals surface area contributed by atoms with Crippen LogP contribution in [0.2, 0.25) is 0 Å². The number of allylic oxidation sites excluding steroid dienone is 1. The second-order valence-electron chi connectivity index (χ2n) is 6.07. The number of aromatic amines is 1. The highest BCUT2D eigenvalue weighted by Crippen LogP contribution is 2.47. The summed E-state index contributed by atoms with van der Waals surface area (Å²) in [6, 6.07) is 13.3. The minimum absolute atomic E-state index is 0.0340. The number of rotatable bonds is 2. The number of pyridine rings is 1. The maximum atomic E-state index is 9.74. The Morgan fingerprint density at radius 2 is 2.07 bits per heavy atom. The molecule has 8 nitrogen and oxygen atoms in total. The van der Waals surface area contributed by atoms with Crippen molar-refractivity contribution in [2.45, 2.75) is 5.92 Å². The molecule has 0 bridgehead atoms. The number of nitriles is 1. The van der Waals surface area contributed by atoms with E-state index in [1.165, 1.54) is 0 Å². The molecule has 132 valence electrons. The highest BCUT2D eigenvalue weighted by molar-refractivity contribution is 5.69. The van der Waals surface area contributed by atoms with Crippen molar-refractivity contribution in [1.29, 1.82) is 5.26 Å². The molecule has 1 atom stereocenters. The van der Waals surface area contributed by atoms with Gasteiger partial charge in [0.1, 0.15) is 11.6 Å². The third-order valence-corrected chi connectivity index (χ3v) is 4.59. The number of benzene rings is 1. The predicted molar refractivity (Wildman–Crippen MR) is 93.7 cm³/mol. The normalized spacial score (nSPS) is 17.2. The molecule has 0 saturated heterocycles. The second-order valence-corrected chi connectivity index (χ2v) is 6.07. The van der Waals surface area contributed by atoms with Gasteiger partial charge in [-0.2, -0.15) is 5.26 Å². The van der Waals surface area contributed by atoms with E-state index in [4.69, 9.17) is 19.9 Å². The Kier molecular flexibility index (Phi) is 3.27. The number of nitrogens with one attached hydrogen (secondary N) is 1. The lowest BCUT2D eigenvalue weighted by Crippen LogP contribution is -2.21. The van der Waals surface area contributed by atoms with Crippen molar-refractivity contribution in [3.63, 3.8) is 0 Å². The van der Waals surface area contributed by atoms with Crippen LogP contribution in [0.15, 0.2) is 54.1 Å². The number of nitrogens with two attached hydrogens (primary N) is 1. The van der Waals surface area contributed by atoms with Crippen LogP contribution in [-0.2, 0) is 0 Å². The van der Waals surface area contributed by atoms with Crippen molar-refractivity contribution in [3.8, 4) is 34.8 Å². The third kappa shape index (κ3) is 2.29. The predicted octanol–water partition coefficient (Wildman–Crippen LogP) is 2.42. The number of ether oxygens (including phenoxy) is 3. The number of nitrogens with zero attached hydrogens (tertiary/aromatic N) is 3. The molecule has 2 aliphatic rings. The lowest BCUT2D eigenvalue weighted by molar-refractivity contribution is 0.174.